The quantitative estimate of drug-likeness (QED) is 0.204. The van der Waals surface area contributed by atoms with Crippen LogP contribution in [0.3, 0.4) is 0 Å². The highest BCUT2D eigenvalue weighted by molar-refractivity contribution is 8.03. The average molecular weight is 452 g/mol. The monoisotopic (exact) mass is 451 g/mol. The molecule has 4 heterocycles. The van der Waals surface area contributed by atoms with Gasteiger partial charge in [-0.05, 0) is 20.3 Å². The number of carbonyl (C=O) groups excluding carboxylic acids is 2. The summed E-state index contributed by atoms with van der Waals surface area (Å²) in [5.74, 6) is -1.79. The highest BCUT2D eigenvalue weighted by Crippen LogP contribution is 2.51. The second-order valence-electron chi connectivity index (χ2n) is 8.92. The largest absolute Gasteiger partial charge is 0.477 e. The van der Waals surface area contributed by atoms with Crippen LogP contribution in [-0.4, -0.2) is 92.7 Å². The van der Waals surface area contributed by atoms with Crippen LogP contribution >= 0.6 is 11.8 Å². The molecule has 0 bridgehead atoms. The van der Waals surface area contributed by atoms with E-state index >= 15 is 0 Å². The van der Waals surface area contributed by atoms with E-state index in [4.69, 9.17) is 5.41 Å². The number of aliphatic hydroxyl groups is 1. The zero-order valence-electron chi connectivity index (χ0n) is 17.8. The van der Waals surface area contributed by atoms with Crippen LogP contribution in [0, 0.1) is 17.2 Å². The molecule has 1 unspecified atom stereocenters. The molecule has 6 atom stereocenters. The summed E-state index contributed by atoms with van der Waals surface area (Å²) in [4.78, 5) is 40.9. The number of β-lactam (4-membered cyclic amide) rings is 1. The summed E-state index contributed by atoms with van der Waals surface area (Å²) in [5, 5.41) is 33.5. The predicted octanol–water partition coefficient (Wildman–Crippen LogP) is -0.599. The predicted molar refractivity (Wildman–Crippen MR) is 114 cm³/mol. The molecule has 4 rings (SSSR count). The van der Waals surface area contributed by atoms with Crippen molar-refractivity contribution in [1.82, 2.24) is 20.4 Å². The van der Waals surface area contributed by atoms with Gasteiger partial charge in [0, 0.05) is 35.7 Å². The van der Waals surface area contributed by atoms with Gasteiger partial charge in [-0.15, -0.1) is 11.8 Å². The lowest BCUT2D eigenvalue weighted by Crippen LogP contribution is -2.63. The number of rotatable bonds is 6. The minimum atomic E-state index is -1.13. The second kappa shape index (κ2) is 8.10. The molecule has 10 nitrogen and oxygen atoms in total. The van der Waals surface area contributed by atoms with Crippen molar-refractivity contribution in [2.45, 2.75) is 56.7 Å². The van der Waals surface area contributed by atoms with Gasteiger partial charge in [0.25, 0.3) is 0 Å². The standard InChI is InChI=1S/C20H29N5O5S/c1-8-15-14(9(2)26)19(28)25(15)16(20(29)30)17(8)31-12-4-13(22-5-12)18(27)24-6-11(7-24)23-10(3)21/h8-9,11-15,22,26H,4-7H2,1-3H3,(H2,21,23)(H,29,30)/t8-,9?,12+,13+,14-,15-/m1/s1. The zero-order chi connectivity index (χ0) is 22.6. The number of hydrogen-bond donors (Lipinski definition) is 5. The third kappa shape index (κ3) is 3.72. The molecule has 4 aliphatic rings. The number of likely N-dealkylation sites (tertiary alicyclic amines) is 1. The summed E-state index contributed by atoms with van der Waals surface area (Å²) >= 11 is 1.44. The van der Waals surface area contributed by atoms with Gasteiger partial charge in [0.15, 0.2) is 0 Å². The molecule has 5 N–H and O–H groups in total. The molecule has 31 heavy (non-hydrogen) atoms. The number of carbonyl (C=O) groups is 3. The van der Waals surface area contributed by atoms with Crippen molar-refractivity contribution in [1.29, 1.82) is 5.41 Å². The maximum absolute atomic E-state index is 12.7. The third-order valence-corrected chi connectivity index (χ3v) is 8.12. The fourth-order valence-corrected chi connectivity index (χ4v) is 6.59. The number of nitrogens with one attached hydrogen (secondary N) is 3. The van der Waals surface area contributed by atoms with Gasteiger partial charge in [-0.1, -0.05) is 6.92 Å². The Morgan fingerprint density at radius 2 is 2.03 bits per heavy atom. The number of aliphatic carboxylic acids is 1. The fraction of sp³-hybridized carbons (Fsp3) is 0.700. The normalized spacial score (nSPS) is 33.7. The van der Waals surface area contributed by atoms with Crippen LogP contribution in [0.15, 0.2) is 10.6 Å². The summed E-state index contributed by atoms with van der Waals surface area (Å²) in [7, 11) is 0. The number of amides is 2. The van der Waals surface area contributed by atoms with E-state index < -0.39 is 18.0 Å². The van der Waals surface area contributed by atoms with Gasteiger partial charge in [0.05, 0.1) is 36.0 Å². The minimum Gasteiger partial charge on any atom is -0.477 e. The van der Waals surface area contributed by atoms with Crippen LogP contribution in [-0.2, 0) is 14.4 Å². The lowest BCUT2D eigenvalue weighted by atomic mass is 9.79. The first-order valence-electron chi connectivity index (χ1n) is 10.6. The first-order valence-corrected chi connectivity index (χ1v) is 11.5. The van der Waals surface area contributed by atoms with Gasteiger partial charge >= 0.3 is 5.97 Å². The highest BCUT2D eigenvalue weighted by Gasteiger charge is 2.60. The van der Waals surface area contributed by atoms with E-state index in [9.17, 15) is 24.6 Å². The highest BCUT2D eigenvalue weighted by atomic mass is 32.2. The maximum atomic E-state index is 12.7. The number of thioether (sulfide) groups is 1. The van der Waals surface area contributed by atoms with E-state index in [2.05, 4.69) is 10.6 Å². The first-order chi connectivity index (χ1) is 14.6. The lowest BCUT2D eigenvalue weighted by Gasteiger charge is -2.46. The number of carboxylic acid groups (broad SMARTS) is 1. The maximum Gasteiger partial charge on any atom is 0.353 e. The van der Waals surface area contributed by atoms with E-state index in [-0.39, 0.29) is 46.8 Å². The van der Waals surface area contributed by atoms with E-state index in [0.717, 1.165) is 0 Å². The summed E-state index contributed by atoms with van der Waals surface area (Å²) in [6, 6.07) is -0.510. The number of nitrogens with zero attached hydrogens (tertiary/aromatic N) is 2. The summed E-state index contributed by atoms with van der Waals surface area (Å²) in [5.41, 5.74) is 0.0258. The van der Waals surface area contributed by atoms with Gasteiger partial charge in [-0.3, -0.25) is 15.0 Å². The van der Waals surface area contributed by atoms with Gasteiger partial charge in [-0.2, -0.15) is 0 Å². The summed E-state index contributed by atoms with van der Waals surface area (Å²) < 4.78 is 0. The molecule has 3 saturated heterocycles. The molecule has 0 aromatic heterocycles. The molecule has 11 heteroatoms. The molecule has 0 saturated carbocycles. The van der Waals surface area contributed by atoms with Crippen molar-refractivity contribution in [3.05, 3.63) is 10.6 Å². The van der Waals surface area contributed by atoms with Gasteiger partial charge < -0.3 is 30.6 Å². The summed E-state index contributed by atoms with van der Waals surface area (Å²) in [6.45, 7) is 6.88. The number of hydrogen-bond acceptors (Lipinski definition) is 7. The minimum absolute atomic E-state index is 0.0258. The van der Waals surface area contributed by atoms with Crippen LogP contribution in [0.25, 0.3) is 0 Å². The molecule has 2 amide bonds. The smallest absolute Gasteiger partial charge is 0.353 e. The van der Waals surface area contributed by atoms with Crippen molar-refractivity contribution in [2.75, 3.05) is 19.6 Å². The molecule has 0 aromatic carbocycles. The Balaban J connectivity index is 1.39. The van der Waals surface area contributed by atoms with Crippen LogP contribution in [0.1, 0.15) is 27.2 Å². The molecule has 170 valence electrons. The Hall–Kier alpha value is -2.11. The van der Waals surface area contributed by atoms with Crippen molar-refractivity contribution in [2.24, 2.45) is 11.8 Å². The SMILES string of the molecule is CC(=N)NC1CN(C(=O)[C@@H]2C[C@H](SC3=C(C(=O)O)N4C(=O)[C@H](C(C)O)[C@H]4[C@H]3C)CN2)C1. The van der Waals surface area contributed by atoms with E-state index in [1.165, 1.54) is 16.7 Å². The zero-order valence-corrected chi connectivity index (χ0v) is 18.6. The number of fused-ring (bicyclic) bond motifs is 1. The first kappa shape index (κ1) is 22.1. The van der Waals surface area contributed by atoms with Crippen LogP contribution in [0.4, 0.5) is 0 Å². The van der Waals surface area contributed by atoms with Gasteiger partial charge in [-0.25, -0.2) is 4.79 Å². The van der Waals surface area contributed by atoms with E-state index in [1.807, 2.05) is 6.92 Å². The number of amidine groups is 1. The molecular weight excluding hydrogens is 422 g/mol. The fourth-order valence-electron chi connectivity index (χ4n) is 5.12. The molecule has 3 fully saturated rings. The summed E-state index contributed by atoms with van der Waals surface area (Å²) in [6.07, 6.45) is -0.236. The Labute approximate surface area is 184 Å². The molecule has 0 radical (unpaired) electrons. The molecule has 0 spiro atoms. The number of carboxylic acids is 1. The van der Waals surface area contributed by atoms with E-state index in [1.54, 1.807) is 18.7 Å². The van der Waals surface area contributed by atoms with Crippen LogP contribution in [0.2, 0.25) is 0 Å². The van der Waals surface area contributed by atoms with Crippen molar-refractivity contribution in [3.8, 4) is 0 Å². The Kier molecular flexibility index (Phi) is 5.78. The number of aliphatic hydroxyl groups excluding tert-OH is 1. The van der Waals surface area contributed by atoms with Crippen molar-refractivity contribution < 1.29 is 24.6 Å². The second-order valence-corrected chi connectivity index (χ2v) is 10.3. The Morgan fingerprint density at radius 3 is 2.61 bits per heavy atom. The van der Waals surface area contributed by atoms with E-state index in [0.29, 0.717) is 36.8 Å². The van der Waals surface area contributed by atoms with Crippen LogP contribution in [0.5, 0.6) is 0 Å². The van der Waals surface area contributed by atoms with Crippen molar-refractivity contribution >= 4 is 35.4 Å². The van der Waals surface area contributed by atoms with Gasteiger partial charge in [0.1, 0.15) is 5.70 Å². The third-order valence-electron chi connectivity index (χ3n) is 6.61. The molecular formula is C20H29N5O5S. The molecule has 0 aromatic rings. The van der Waals surface area contributed by atoms with Gasteiger partial charge in [0.2, 0.25) is 11.8 Å². The van der Waals surface area contributed by atoms with Crippen molar-refractivity contribution in [3.63, 3.8) is 0 Å². The lowest BCUT2D eigenvalue weighted by molar-refractivity contribution is -0.163. The Bertz CT molecular complexity index is 855. The topological polar surface area (TPSA) is 146 Å². The molecule has 0 aliphatic carbocycles. The Morgan fingerprint density at radius 1 is 1.35 bits per heavy atom. The van der Waals surface area contributed by atoms with Crippen LogP contribution < -0.4 is 10.6 Å². The average Bonchev–Trinajstić information content (AvgIpc) is 3.19. The molecule has 4 aliphatic heterocycles.